The maximum Gasteiger partial charge on any atom is 0.255 e. The number of carbonyl (C=O) groups is 2. The maximum atomic E-state index is 11.8. The zero-order valence-electron chi connectivity index (χ0n) is 10.5. The van der Waals surface area contributed by atoms with E-state index < -0.39 is 5.91 Å². The van der Waals surface area contributed by atoms with Crippen molar-refractivity contribution in [1.82, 2.24) is 5.32 Å². The van der Waals surface area contributed by atoms with E-state index in [9.17, 15) is 14.7 Å². The summed E-state index contributed by atoms with van der Waals surface area (Å²) in [5, 5.41) is 21.1. The van der Waals surface area contributed by atoms with Crippen LogP contribution in [0.4, 0.5) is 0 Å². The summed E-state index contributed by atoms with van der Waals surface area (Å²) in [6.07, 6.45) is 0. The van der Waals surface area contributed by atoms with Gasteiger partial charge in [-0.3, -0.25) is 9.59 Å². The molecule has 1 amide bonds. The number of rotatable bonds is 4. The minimum atomic E-state index is -0.577. The first-order valence-electron chi connectivity index (χ1n) is 5.96. The average molecular weight is 271 g/mol. The Balaban J connectivity index is 2.00. The molecule has 2 rings (SSSR count). The Bertz CT molecular complexity index is 638. The third kappa shape index (κ3) is 3.14. The molecule has 0 saturated carbocycles. The number of hydrogen-bond donors (Lipinski definition) is 3. The predicted octanol–water partition coefficient (Wildman–Crippen LogP) is 1.71. The average Bonchev–Trinajstić information content (AvgIpc) is 2.45. The Hall–Kier alpha value is -2.82. The van der Waals surface area contributed by atoms with Crippen molar-refractivity contribution < 1.29 is 19.8 Å². The molecule has 0 spiro atoms. The Labute approximate surface area is 115 Å². The molecule has 0 aliphatic carbocycles. The Morgan fingerprint density at radius 3 is 2.35 bits per heavy atom. The summed E-state index contributed by atoms with van der Waals surface area (Å²) in [5.74, 6) is -1.28. The van der Waals surface area contributed by atoms with Crippen LogP contribution in [0.5, 0.6) is 11.5 Å². The van der Waals surface area contributed by atoms with Crippen LogP contribution in [0.2, 0.25) is 0 Å². The van der Waals surface area contributed by atoms with Crippen molar-refractivity contribution >= 4 is 11.7 Å². The summed E-state index contributed by atoms with van der Waals surface area (Å²) in [7, 11) is 0. The molecule has 0 aliphatic rings. The third-order valence-electron chi connectivity index (χ3n) is 2.73. The van der Waals surface area contributed by atoms with Crippen LogP contribution < -0.4 is 5.32 Å². The first kappa shape index (κ1) is 13.6. The SMILES string of the molecule is O=C(CNC(=O)c1ccc(O)cc1O)c1ccccc1. The molecule has 20 heavy (non-hydrogen) atoms. The van der Waals surface area contributed by atoms with E-state index in [0.29, 0.717) is 5.56 Å². The highest BCUT2D eigenvalue weighted by Gasteiger charge is 2.13. The van der Waals surface area contributed by atoms with Gasteiger partial charge in [-0.1, -0.05) is 30.3 Å². The standard InChI is InChI=1S/C15H13NO4/c17-11-6-7-12(13(18)8-11)15(20)16-9-14(19)10-4-2-1-3-5-10/h1-8,17-18H,9H2,(H,16,20). The largest absolute Gasteiger partial charge is 0.508 e. The molecule has 0 saturated heterocycles. The van der Waals surface area contributed by atoms with Gasteiger partial charge in [0.1, 0.15) is 11.5 Å². The van der Waals surface area contributed by atoms with E-state index in [-0.39, 0.29) is 29.4 Å². The van der Waals surface area contributed by atoms with Gasteiger partial charge in [0.25, 0.3) is 5.91 Å². The molecule has 0 radical (unpaired) electrons. The van der Waals surface area contributed by atoms with Crippen LogP contribution in [-0.4, -0.2) is 28.4 Å². The Morgan fingerprint density at radius 2 is 1.70 bits per heavy atom. The molecule has 5 heteroatoms. The number of amides is 1. The number of benzene rings is 2. The Morgan fingerprint density at radius 1 is 1.00 bits per heavy atom. The summed E-state index contributed by atoms with van der Waals surface area (Å²) >= 11 is 0. The van der Waals surface area contributed by atoms with E-state index in [1.807, 2.05) is 0 Å². The molecular formula is C15H13NO4. The first-order chi connectivity index (χ1) is 9.58. The lowest BCUT2D eigenvalue weighted by Crippen LogP contribution is -2.29. The molecule has 0 heterocycles. The van der Waals surface area contributed by atoms with Crippen LogP contribution in [0.1, 0.15) is 20.7 Å². The van der Waals surface area contributed by atoms with E-state index in [4.69, 9.17) is 5.11 Å². The van der Waals surface area contributed by atoms with Crippen LogP contribution >= 0.6 is 0 Å². The van der Waals surface area contributed by atoms with Crippen molar-refractivity contribution in [3.05, 3.63) is 59.7 Å². The van der Waals surface area contributed by atoms with Gasteiger partial charge in [-0.05, 0) is 12.1 Å². The number of carbonyl (C=O) groups excluding carboxylic acids is 2. The van der Waals surface area contributed by atoms with Gasteiger partial charge < -0.3 is 15.5 Å². The number of phenolic OH excluding ortho intramolecular Hbond substituents is 2. The lowest BCUT2D eigenvalue weighted by Gasteiger charge is -2.06. The van der Waals surface area contributed by atoms with Crippen LogP contribution in [0.25, 0.3) is 0 Å². The molecule has 5 nitrogen and oxygen atoms in total. The van der Waals surface area contributed by atoms with Crippen molar-refractivity contribution in [2.45, 2.75) is 0 Å². The van der Waals surface area contributed by atoms with Crippen LogP contribution in [0.15, 0.2) is 48.5 Å². The van der Waals surface area contributed by atoms with Crippen LogP contribution in [0, 0.1) is 0 Å². The highest BCUT2D eigenvalue weighted by Crippen LogP contribution is 2.22. The molecule has 0 atom stereocenters. The Kier molecular flexibility index (Phi) is 4.00. The van der Waals surface area contributed by atoms with E-state index in [0.717, 1.165) is 6.07 Å². The van der Waals surface area contributed by atoms with E-state index >= 15 is 0 Å². The molecular weight excluding hydrogens is 258 g/mol. The van der Waals surface area contributed by atoms with E-state index in [2.05, 4.69) is 5.32 Å². The van der Waals surface area contributed by atoms with Crippen LogP contribution in [-0.2, 0) is 0 Å². The molecule has 2 aromatic rings. The van der Waals surface area contributed by atoms with Gasteiger partial charge in [0.15, 0.2) is 5.78 Å². The minimum absolute atomic E-state index is 0.00339. The zero-order chi connectivity index (χ0) is 14.5. The van der Waals surface area contributed by atoms with Crippen molar-refractivity contribution in [3.63, 3.8) is 0 Å². The monoisotopic (exact) mass is 271 g/mol. The predicted molar refractivity (Wildman–Crippen MR) is 72.9 cm³/mol. The molecule has 0 aliphatic heterocycles. The molecule has 0 aromatic heterocycles. The fraction of sp³-hybridized carbons (Fsp3) is 0.0667. The molecule has 0 fully saturated rings. The molecule has 0 bridgehead atoms. The second-order valence-corrected chi connectivity index (χ2v) is 4.17. The highest BCUT2D eigenvalue weighted by atomic mass is 16.3. The summed E-state index contributed by atoms with van der Waals surface area (Å²) in [4.78, 5) is 23.6. The van der Waals surface area contributed by atoms with Crippen molar-refractivity contribution in [1.29, 1.82) is 0 Å². The minimum Gasteiger partial charge on any atom is -0.508 e. The zero-order valence-corrected chi connectivity index (χ0v) is 10.5. The lowest BCUT2D eigenvalue weighted by atomic mass is 10.1. The summed E-state index contributed by atoms with van der Waals surface area (Å²) in [6.45, 7) is -0.164. The second kappa shape index (κ2) is 5.88. The van der Waals surface area contributed by atoms with Gasteiger partial charge >= 0.3 is 0 Å². The normalized spacial score (nSPS) is 10.0. The van der Waals surface area contributed by atoms with E-state index in [1.165, 1.54) is 12.1 Å². The van der Waals surface area contributed by atoms with Gasteiger partial charge in [-0.15, -0.1) is 0 Å². The van der Waals surface area contributed by atoms with Gasteiger partial charge in [-0.25, -0.2) is 0 Å². The molecule has 102 valence electrons. The van der Waals surface area contributed by atoms with Crippen molar-refractivity contribution in [2.24, 2.45) is 0 Å². The quantitative estimate of drug-likeness (QED) is 0.739. The smallest absolute Gasteiger partial charge is 0.255 e. The van der Waals surface area contributed by atoms with Gasteiger partial charge in [0, 0.05) is 11.6 Å². The highest BCUT2D eigenvalue weighted by molar-refractivity contribution is 6.03. The summed E-state index contributed by atoms with van der Waals surface area (Å²) in [6, 6.07) is 12.2. The number of aromatic hydroxyl groups is 2. The third-order valence-corrected chi connectivity index (χ3v) is 2.73. The van der Waals surface area contributed by atoms with Gasteiger partial charge in [-0.2, -0.15) is 0 Å². The lowest BCUT2D eigenvalue weighted by molar-refractivity contribution is 0.0902. The first-order valence-corrected chi connectivity index (χ1v) is 5.96. The van der Waals surface area contributed by atoms with Crippen molar-refractivity contribution in [3.8, 4) is 11.5 Å². The van der Waals surface area contributed by atoms with Gasteiger partial charge in [0.2, 0.25) is 0 Å². The summed E-state index contributed by atoms with van der Waals surface area (Å²) < 4.78 is 0. The van der Waals surface area contributed by atoms with E-state index in [1.54, 1.807) is 30.3 Å². The maximum absolute atomic E-state index is 11.8. The molecule has 0 unspecified atom stereocenters. The number of Topliss-reactive ketones (excluding diaryl/α,β-unsaturated/α-hetero) is 1. The number of phenols is 2. The van der Waals surface area contributed by atoms with Gasteiger partial charge in [0.05, 0.1) is 12.1 Å². The second-order valence-electron chi connectivity index (χ2n) is 4.17. The number of nitrogens with one attached hydrogen (secondary N) is 1. The molecule has 2 aromatic carbocycles. The summed E-state index contributed by atoms with van der Waals surface area (Å²) in [5.41, 5.74) is 0.506. The topological polar surface area (TPSA) is 86.6 Å². The fourth-order valence-electron chi connectivity index (χ4n) is 1.69. The van der Waals surface area contributed by atoms with Crippen LogP contribution in [0.3, 0.4) is 0 Å². The molecule has 3 N–H and O–H groups in total. The van der Waals surface area contributed by atoms with Crippen molar-refractivity contribution in [2.75, 3.05) is 6.54 Å². The number of hydrogen-bond acceptors (Lipinski definition) is 4. The number of ketones is 1. The fourth-order valence-corrected chi connectivity index (χ4v) is 1.69.